The second-order valence-electron chi connectivity index (χ2n) is 7.48. The van der Waals surface area contributed by atoms with Crippen molar-refractivity contribution < 1.29 is 5.11 Å². The van der Waals surface area contributed by atoms with Gasteiger partial charge < -0.3 is 15.7 Å². The van der Waals surface area contributed by atoms with Gasteiger partial charge in [-0.15, -0.1) is 0 Å². The molecule has 0 saturated heterocycles. The summed E-state index contributed by atoms with van der Waals surface area (Å²) in [6.45, 7) is 7.49. The normalized spacial score (nSPS) is 12.7. The van der Waals surface area contributed by atoms with Crippen LogP contribution in [0.4, 0.5) is 0 Å². The fourth-order valence-electron chi connectivity index (χ4n) is 3.12. The first-order valence-corrected chi connectivity index (χ1v) is 10.0. The van der Waals surface area contributed by atoms with Crippen LogP contribution in [0.5, 0.6) is 0 Å². The van der Waals surface area contributed by atoms with Crippen LogP contribution >= 0.6 is 0 Å². The maximum Gasteiger partial charge on any atom is 0.0681 e. The van der Waals surface area contributed by atoms with Crippen molar-refractivity contribution in [3.8, 4) is 0 Å². The zero-order valence-corrected chi connectivity index (χ0v) is 16.7. The minimum absolute atomic E-state index is 0.111. The van der Waals surface area contributed by atoms with Gasteiger partial charge in [0.2, 0.25) is 0 Å². The van der Waals surface area contributed by atoms with Crippen molar-refractivity contribution in [2.75, 3.05) is 19.6 Å². The van der Waals surface area contributed by atoms with E-state index in [1.807, 2.05) is 18.2 Å². The highest BCUT2D eigenvalue weighted by Gasteiger charge is 2.09. The van der Waals surface area contributed by atoms with Gasteiger partial charge >= 0.3 is 0 Å². The Bertz CT molecular complexity index is 650. The highest BCUT2D eigenvalue weighted by molar-refractivity contribution is 5.48. The number of aliphatic hydroxyl groups excluding tert-OH is 1. The van der Waals surface area contributed by atoms with E-state index in [0.29, 0.717) is 12.0 Å². The van der Waals surface area contributed by atoms with E-state index in [9.17, 15) is 0 Å². The molecule has 0 saturated carbocycles. The van der Waals surface area contributed by atoms with Crippen molar-refractivity contribution >= 4 is 6.08 Å². The Kier molecular flexibility index (Phi) is 9.85. The number of rotatable bonds is 12. The van der Waals surface area contributed by atoms with E-state index < -0.39 is 0 Å². The summed E-state index contributed by atoms with van der Waals surface area (Å²) in [5, 5.41) is 16.4. The maximum atomic E-state index is 9.10. The molecule has 0 fully saturated rings. The van der Waals surface area contributed by atoms with Crippen LogP contribution < -0.4 is 10.6 Å². The average molecular weight is 367 g/mol. The molecule has 27 heavy (non-hydrogen) atoms. The lowest BCUT2D eigenvalue weighted by Crippen LogP contribution is -2.40. The Balaban J connectivity index is 1.70. The lowest BCUT2D eigenvalue weighted by molar-refractivity contribution is 0.282. The molecule has 1 unspecified atom stereocenters. The molecule has 0 radical (unpaired) electrons. The summed E-state index contributed by atoms with van der Waals surface area (Å²) in [7, 11) is 0. The molecule has 0 aliphatic rings. The molecule has 0 aliphatic heterocycles. The van der Waals surface area contributed by atoms with Crippen LogP contribution in [-0.2, 0) is 13.0 Å². The molecule has 2 aromatic carbocycles. The van der Waals surface area contributed by atoms with Crippen LogP contribution in [0.15, 0.2) is 60.7 Å². The second kappa shape index (κ2) is 12.4. The molecule has 1 atom stereocenters. The molecular weight excluding hydrogens is 332 g/mol. The van der Waals surface area contributed by atoms with Crippen LogP contribution in [0.1, 0.15) is 37.0 Å². The molecule has 0 heterocycles. The standard InChI is InChI=1S/C24H34N2O/c1-20(2)17-24(26-15-6-9-21-7-4-3-5-8-21)18-25-16-14-22-10-12-23(19-27)13-11-22/h3-13,20,24-27H,14-19H2,1-2H3/b9-6+. The monoisotopic (exact) mass is 366 g/mol. The number of nitrogens with one attached hydrogen (secondary N) is 2. The van der Waals surface area contributed by atoms with Gasteiger partial charge in [0, 0.05) is 19.1 Å². The van der Waals surface area contributed by atoms with E-state index in [-0.39, 0.29) is 6.61 Å². The minimum Gasteiger partial charge on any atom is -0.392 e. The maximum absolute atomic E-state index is 9.10. The lowest BCUT2D eigenvalue weighted by atomic mass is 10.0. The third-order valence-electron chi connectivity index (χ3n) is 4.58. The van der Waals surface area contributed by atoms with Crippen molar-refractivity contribution in [3.63, 3.8) is 0 Å². The van der Waals surface area contributed by atoms with Crippen LogP contribution in [0, 0.1) is 5.92 Å². The van der Waals surface area contributed by atoms with Crippen molar-refractivity contribution in [1.82, 2.24) is 10.6 Å². The molecule has 2 aromatic rings. The molecule has 3 nitrogen and oxygen atoms in total. The Morgan fingerprint density at radius 2 is 1.67 bits per heavy atom. The topological polar surface area (TPSA) is 44.3 Å². The summed E-state index contributed by atoms with van der Waals surface area (Å²) < 4.78 is 0. The van der Waals surface area contributed by atoms with Gasteiger partial charge in [-0.25, -0.2) is 0 Å². The van der Waals surface area contributed by atoms with E-state index in [2.05, 4.69) is 73.0 Å². The molecule has 3 N–H and O–H groups in total. The van der Waals surface area contributed by atoms with E-state index in [1.165, 1.54) is 11.1 Å². The number of hydrogen-bond acceptors (Lipinski definition) is 3. The van der Waals surface area contributed by atoms with Gasteiger partial charge in [0.1, 0.15) is 0 Å². The van der Waals surface area contributed by atoms with Crippen LogP contribution in [0.2, 0.25) is 0 Å². The molecule has 3 heteroatoms. The lowest BCUT2D eigenvalue weighted by Gasteiger charge is -2.20. The number of hydrogen-bond donors (Lipinski definition) is 3. The van der Waals surface area contributed by atoms with Gasteiger partial charge in [-0.1, -0.05) is 80.6 Å². The summed E-state index contributed by atoms with van der Waals surface area (Å²) in [6.07, 6.45) is 6.54. The molecular formula is C24H34N2O. The summed E-state index contributed by atoms with van der Waals surface area (Å²) in [5.74, 6) is 0.674. The largest absolute Gasteiger partial charge is 0.392 e. The molecule has 2 rings (SSSR count). The Morgan fingerprint density at radius 1 is 0.963 bits per heavy atom. The first kappa shape index (κ1) is 21.4. The van der Waals surface area contributed by atoms with E-state index in [4.69, 9.17) is 5.11 Å². The summed E-state index contributed by atoms with van der Waals surface area (Å²) in [4.78, 5) is 0. The smallest absolute Gasteiger partial charge is 0.0681 e. The van der Waals surface area contributed by atoms with E-state index in [1.54, 1.807) is 0 Å². The molecule has 0 aliphatic carbocycles. The Morgan fingerprint density at radius 3 is 2.33 bits per heavy atom. The summed E-state index contributed by atoms with van der Waals surface area (Å²) >= 11 is 0. The van der Waals surface area contributed by atoms with Crippen molar-refractivity contribution in [1.29, 1.82) is 0 Å². The van der Waals surface area contributed by atoms with E-state index in [0.717, 1.165) is 38.0 Å². The molecule has 146 valence electrons. The zero-order valence-electron chi connectivity index (χ0n) is 16.7. The average Bonchev–Trinajstić information content (AvgIpc) is 2.69. The van der Waals surface area contributed by atoms with Gasteiger partial charge in [0.15, 0.2) is 0 Å². The third-order valence-corrected chi connectivity index (χ3v) is 4.58. The van der Waals surface area contributed by atoms with Crippen LogP contribution in [0.25, 0.3) is 6.08 Å². The molecule has 0 aromatic heterocycles. The summed E-state index contributed by atoms with van der Waals surface area (Å²) in [5.41, 5.74) is 3.51. The summed E-state index contributed by atoms with van der Waals surface area (Å²) in [6, 6.07) is 19.1. The Labute approximate surface area is 164 Å². The van der Waals surface area contributed by atoms with Gasteiger partial charge in [-0.05, 0) is 42.0 Å². The third kappa shape index (κ3) is 9.00. The molecule has 0 amide bonds. The van der Waals surface area contributed by atoms with Crippen molar-refractivity contribution in [3.05, 3.63) is 77.4 Å². The molecule has 0 bridgehead atoms. The Hall–Kier alpha value is -1.94. The number of benzene rings is 2. The molecule has 0 spiro atoms. The predicted molar refractivity (Wildman–Crippen MR) is 116 cm³/mol. The van der Waals surface area contributed by atoms with Gasteiger partial charge in [0.05, 0.1) is 6.61 Å². The first-order chi connectivity index (χ1) is 13.2. The van der Waals surface area contributed by atoms with E-state index >= 15 is 0 Å². The quantitative estimate of drug-likeness (QED) is 0.497. The van der Waals surface area contributed by atoms with Crippen molar-refractivity contribution in [2.45, 2.75) is 39.3 Å². The highest BCUT2D eigenvalue weighted by atomic mass is 16.3. The zero-order chi connectivity index (χ0) is 19.3. The SMILES string of the molecule is CC(C)CC(CNCCc1ccc(CO)cc1)NC/C=C/c1ccccc1. The second-order valence-corrected chi connectivity index (χ2v) is 7.48. The minimum atomic E-state index is 0.111. The fourth-order valence-corrected chi connectivity index (χ4v) is 3.12. The van der Waals surface area contributed by atoms with Gasteiger partial charge in [-0.2, -0.15) is 0 Å². The van der Waals surface area contributed by atoms with Crippen LogP contribution in [-0.4, -0.2) is 30.8 Å². The van der Waals surface area contributed by atoms with Crippen LogP contribution in [0.3, 0.4) is 0 Å². The first-order valence-electron chi connectivity index (χ1n) is 10.0. The van der Waals surface area contributed by atoms with Gasteiger partial charge in [-0.3, -0.25) is 0 Å². The highest BCUT2D eigenvalue weighted by Crippen LogP contribution is 2.06. The predicted octanol–water partition coefficient (Wildman–Crippen LogP) is 4.03. The fraction of sp³-hybridized carbons (Fsp3) is 0.417. The number of aliphatic hydroxyl groups is 1. The van der Waals surface area contributed by atoms with Gasteiger partial charge in [0.25, 0.3) is 0 Å². The van der Waals surface area contributed by atoms with Crippen molar-refractivity contribution in [2.24, 2.45) is 5.92 Å².